The zero-order chi connectivity index (χ0) is 14.0. The summed E-state index contributed by atoms with van der Waals surface area (Å²) in [5, 5.41) is 0. The Morgan fingerprint density at radius 3 is 2.79 bits per heavy atom. The Labute approximate surface area is 105 Å². The van der Waals surface area contributed by atoms with Crippen molar-refractivity contribution in [3.63, 3.8) is 0 Å². The first-order valence-corrected chi connectivity index (χ1v) is 5.75. The molecule has 0 saturated heterocycles. The molecule has 4 nitrogen and oxygen atoms in total. The molecule has 2 rings (SSSR count). The van der Waals surface area contributed by atoms with Crippen LogP contribution in [0, 0.1) is 0 Å². The van der Waals surface area contributed by atoms with Crippen LogP contribution in [0.2, 0.25) is 0 Å². The third-order valence-corrected chi connectivity index (χ3v) is 2.84. The van der Waals surface area contributed by atoms with E-state index in [9.17, 15) is 22.4 Å². The highest BCUT2D eigenvalue weighted by atomic mass is 19.3. The number of aromatic nitrogens is 2. The maximum atomic E-state index is 12.6. The largest absolute Gasteiger partial charge is 0.367 e. The van der Waals surface area contributed by atoms with Gasteiger partial charge < -0.3 is 9.72 Å². The molecular formula is C11H12F4N2O2. The van der Waals surface area contributed by atoms with Gasteiger partial charge in [0, 0.05) is 5.56 Å². The molecule has 0 aliphatic heterocycles. The first kappa shape index (κ1) is 14.0. The van der Waals surface area contributed by atoms with Crippen LogP contribution in [0.25, 0.3) is 0 Å². The Morgan fingerprint density at radius 2 is 2.11 bits per heavy atom. The molecule has 0 aromatic carbocycles. The zero-order valence-corrected chi connectivity index (χ0v) is 9.89. The fraction of sp³-hybridized carbons (Fsp3) is 0.636. The number of nitrogens with one attached hydrogen (secondary N) is 1. The summed E-state index contributed by atoms with van der Waals surface area (Å²) in [6.45, 7) is -1.84. The van der Waals surface area contributed by atoms with E-state index in [1.165, 1.54) is 0 Å². The SMILES string of the molecule is O=c1[nH]c(COCC(F)(F)C(F)F)nc2c1CCC2. The normalized spacial score (nSPS) is 15.0. The number of hydrogen-bond acceptors (Lipinski definition) is 3. The quantitative estimate of drug-likeness (QED) is 0.835. The van der Waals surface area contributed by atoms with Crippen molar-refractivity contribution in [1.29, 1.82) is 0 Å². The van der Waals surface area contributed by atoms with Crippen LogP contribution in [-0.4, -0.2) is 28.9 Å². The van der Waals surface area contributed by atoms with E-state index in [0.29, 0.717) is 24.1 Å². The van der Waals surface area contributed by atoms with Crippen LogP contribution in [-0.2, 0) is 24.2 Å². The van der Waals surface area contributed by atoms with Crippen LogP contribution in [0.5, 0.6) is 0 Å². The molecule has 1 aliphatic carbocycles. The minimum absolute atomic E-state index is 0.0794. The molecule has 0 bridgehead atoms. The lowest BCUT2D eigenvalue weighted by molar-refractivity contribution is -0.168. The van der Waals surface area contributed by atoms with Gasteiger partial charge in [-0.1, -0.05) is 0 Å². The lowest BCUT2D eigenvalue weighted by Gasteiger charge is -2.14. The van der Waals surface area contributed by atoms with Crippen molar-refractivity contribution in [3.8, 4) is 0 Å². The second kappa shape index (κ2) is 5.28. The van der Waals surface area contributed by atoms with E-state index >= 15 is 0 Å². The van der Waals surface area contributed by atoms with Crippen molar-refractivity contribution in [1.82, 2.24) is 9.97 Å². The molecule has 1 aromatic rings. The third-order valence-electron chi connectivity index (χ3n) is 2.84. The summed E-state index contributed by atoms with van der Waals surface area (Å²) in [5.41, 5.74) is 0.909. The van der Waals surface area contributed by atoms with E-state index in [1.807, 2.05) is 0 Å². The lowest BCUT2D eigenvalue weighted by Crippen LogP contribution is -2.32. The maximum absolute atomic E-state index is 12.6. The van der Waals surface area contributed by atoms with Gasteiger partial charge in [0.05, 0.1) is 5.69 Å². The number of nitrogens with zero attached hydrogens (tertiary/aromatic N) is 1. The highest BCUT2D eigenvalue weighted by molar-refractivity contribution is 5.22. The zero-order valence-electron chi connectivity index (χ0n) is 9.89. The Kier molecular flexibility index (Phi) is 3.88. The first-order chi connectivity index (χ1) is 8.90. The fourth-order valence-electron chi connectivity index (χ4n) is 1.91. The van der Waals surface area contributed by atoms with Crippen molar-refractivity contribution in [2.24, 2.45) is 0 Å². The van der Waals surface area contributed by atoms with Crippen molar-refractivity contribution < 1.29 is 22.3 Å². The molecule has 8 heteroatoms. The number of hydrogen-bond donors (Lipinski definition) is 1. The lowest BCUT2D eigenvalue weighted by atomic mass is 10.2. The van der Waals surface area contributed by atoms with Gasteiger partial charge in [0.1, 0.15) is 19.0 Å². The first-order valence-electron chi connectivity index (χ1n) is 5.75. The van der Waals surface area contributed by atoms with E-state index in [4.69, 9.17) is 0 Å². The maximum Gasteiger partial charge on any atom is 0.330 e. The van der Waals surface area contributed by atoms with Crippen LogP contribution in [0.4, 0.5) is 17.6 Å². The van der Waals surface area contributed by atoms with Gasteiger partial charge in [-0.2, -0.15) is 8.78 Å². The Morgan fingerprint density at radius 1 is 1.37 bits per heavy atom. The standard InChI is InChI=1S/C11H12F4N2O2/c12-10(13)11(14,15)5-19-4-8-16-7-3-1-2-6(7)9(18)17-8/h10H,1-5H2,(H,16,17,18). The number of ether oxygens (including phenoxy) is 1. The second-order valence-electron chi connectivity index (χ2n) is 4.35. The summed E-state index contributed by atoms with van der Waals surface area (Å²) in [6, 6.07) is 0. The van der Waals surface area contributed by atoms with Gasteiger partial charge in [-0.25, -0.2) is 13.8 Å². The van der Waals surface area contributed by atoms with Crippen LogP contribution in [0.1, 0.15) is 23.5 Å². The van der Waals surface area contributed by atoms with Crippen molar-refractivity contribution in [2.45, 2.75) is 38.2 Å². The van der Waals surface area contributed by atoms with Gasteiger partial charge >= 0.3 is 12.3 Å². The van der Waals surface area contributed by atoms with Gasteiger partial charge in [-0.3, -0.25) is 4.79 Å². The van der Waals surface area contributed by atoms with E-state index in [1.54, 1.807) is 0 Å². The van der Waals surface area contributed by atoms with Crippen molar-refractivity contribution in [2.75, 3.05) is 6.61 Å². The van der Waals surface area contributed by atoms with Crippen molar-refractivity contribution >= 4 is 0 Å². The summed E-state index contributed by atoms with van der Waals surface area (Å²) < 4.78 is 53.4. The average Bonchev–Trinajstić information content (AvgIpc) is 2.77. The molecule has 19 heavy (non-hydrogen) atoms. The molecule has 0 amide bonds. The number of aromatic amines is 1. The third kappa shape index (κ3) is 3.12. The topological polar surface area (TPSA) is 55.0 Å². The van der Waals surface area contributed by atoms with Crippen LogP contribution >= 0.6 is 0 Å². The molecule has 0 spiro atoms. The smallest absolute Gasteiger partial charge is 0.330 e. The molecule has 0 atom stereocenters. The molecule has 1 N–H and O–H groups in total. The van der Waals surface area contributed by atoms with E-state index in [-0.39, 0.29) is 11.4 Å². The minimum atomic E-state index is -4.20. The highest BCUT2D eigenvalue weighted by Gasteiger charge is 2.41. The predicted octanol–water partition coefficient (Wildman–Crippen LogP) is 1.68. The summed E-state index contributed by atoms with van der Waals surface area (Å²) in [6.07, 6.45) is -1.67. The second-order valence-corrected chi connectivity index (χ2v) is 4.35. The highest BCUT2D eigenvalue weighted by Crippen LogP contribution is 2.23. The van der Waals surface area contributed by atoms with E-state index in [2.05, 4.69) is 14.7 Å². The molecule has 1 aliphatic rings. The Balaban J connectivity index is 1.98. The van der Waals surface area contributed by atoms with Crippen LogP contribution in [0.3, 0.4) is 0 Å². The van der Waals surface area contributed by atoms with Gasteiger partial charge in [-0.05, 0) is 19.3 Å². The molecule has 1 heterocycles. The summed E-state index contributed by atoms with van der Waals surface area (Å²) in [4.78, 5) is 18.0. The summed E-state index contributed by atoms with van der Waals surface area (Å²) >= 11 is 0. The van der Waals surface area contributed by atoms with Gasteiger partial charge in [0.2, 0.25) is 0 Å². The molecular weight excluding hydrogens is 268 g/mol. The van der Waals surface area contributed by atoms with Gasteiger partial charge in [0.15, 0.2) is 0 Å². The van der Waals surface area contributed by atoms with Crippen molar-refractivity contribution in [3.05, 3.63) is 27.4 Å². The van der Waals surface area contributed by atoms with Gasteiger partial charge in [0.25, 0.3) is 5.56 Å². The monoisotopic (exact) mass is 280 g/mol. The molecule has 0 radical (unpaired) electrons. The summed E-state index contributed by atoms with van der Waals surface area (Å²) in [5.74, 6) is -4.12. The average molecular weight is 280 g/mol. The molecule has 0 saturated carbocycles. The summed E-state index contributed by atoms with van der Waals surface area (Å²) in [7, 11) is 0. The predicted molar refractivity (Wildman–Crippen MR) is 57.5 cm³/mol. The Bertz CT molecular complexity index is 516. The molecule has 0 unspecified atom stereocenters. The van der Waals surface area contributed by atoms with E-state index < -0.39 is 25.6 Å². The van der Waals surface area contributed by atoms with E-state index in [0.717, 1.165) is 6.42 Å². The fourth-order valence-corrected chi connectivity index (χ4v) is 1.91. The molecule has 0 fully saturated rings. The van der Waals surface area contributed by atoms with Crippen LogP contribution < -0.4 is 5.56 Å². The number of halogens is 4. The minimum Gasteiger partial charge on any atom is -0.367 e. The molecule has 106 valence electrons. The van der Waals surface area contributed by atoms with Crippen LogP contribution in [0.15, 0.2) is 4.79 Å². The number of fused-ring (bicyclic) bond motifs is 1. The van der Waals surface area contributed by atoms with Gasteiger partial charge in [-0.15, -0.1) is 0 Å². The number of rotatable bonds is 5. The number of H-pyrrole nitrogens is 1. The molecule has 1 aromatic heterocycles. The Hall–Kier alpha value is -1.44. The number of alkyl halides is 4. The number of aryl methyl sites for hydroxylation is 1.